The Kier molecular flexibility index (Phi) is 5.25. The van der Waals surface area contributed by atoms with E-state index in [1.165, 1.54) is 4.90 Å². The van der Waals surface area contributed by atoms with Gasteiger partial charge in [0.05, 0.1) is 0 Å². The first-order valence-corrected chi connectivity index (χ1v) is 5.92. The van der Waals surface area contributed by atoms with Crippen molar-refractivity contribution in [2.45, 2.75) is 19.8 Å². The molecule has 0 bridgehead atoms. The molecule has 0 aliphatic carbocycles. The number of hydrogen-bond donors (Lipinski definition) is 1. The Morgan fingerprint density at radius 2 is 1.94 bits per heavy atom. The van der Waals surface area contributed by atoms with E-state index in [9.17, 15) is 9.59 Å². The second kappa shape index (κ2) is 6.48. The lowest BCUT2D eigenvalue weighted by atomic mass is 10.3. The van der Waals surface area contributed by atoms with Crippen LogP contribution in [0.3, 0.4) is 0 Å². The van der Waals surface area contributed by atoms with Crippen LogP contribution in [-0.2, 0) is 9.59 Å². The van der Waals surface area contributed by atoms with Crippen LogP contribution in [0.4, 0.5) is 0 Å². The Morgan fingerprint density at radius 3 is 2.50 bits per heavy atom. The summed E-state index contributed by atoms with van der Waals surface area (Å²) in [6.45, 7) is 5.54. The molecule has 0 spiro atoms. The van der Waals surface area contributed by atoms with Gasteiger partial charge < -0.3 is 15.1 Å². The minimum atomic E-state index is -0.379. The second-order valence-corrected chi connectivity index (χ2v) is 4.12. The van der Waals surface area contributed by atoms with Crippen LogP contribution in [0.15, 0.2) is 0 Å². The van der Waals surface area contributed by atoms with Crippen LogP contribution in [-0.4, -0.2) is 61.4 Å². The smallest absolute Gasteiger partial charge is 0.312 e. The molecule has 16 heavy (non-hydrogen) atoms. The molecular weight excluding hydrogens is 206 g/mol. The summed E-state index contributed by atoms with van der Waals surface area (Å²) in [4.78, 5) is 26.7. The summed E-state index contributed by atoms with van der Waals surface area (Å²) in [5, 5.41) is 3.15. The van der Waals surface area contributed by atoms with Crippen LogP contribution >= 0.6 is 0 Å². The van der Waals surface area contributed by atoms with Crippen LogP contribution in [0.2, 0.25) is 0 Å². The standard InChI is InChI=1S/C11H21N3O2/c1-3-4-7-13(2)10(15)11(16)14-8-5-12-6-9-14/h12H,3-9H2,1-2H3. The Balaban J connectivity index is 2.42. The van der Waals surface area contributed by atoms with E-state index >= 15 is 0 Å². The zero-order valence-electron chi connectivity index (χ0n) is 10.2. The van der Waals surface area contributed by atoms with E-state index in [1.807, 2.05) is 0 Å². The number of amides is 2. The van der Waals surface area contributed by atoms with Gasteiger partial charge in [-0.25, -0.2) is 0 Å². The second-order valence-electron chi connectivity index (χ2n) is 4.12. The third kappa shape index (κ3) is 3.48. The first-order chi connectivity index (χ1) is 7.66. The Bertz CT molecular complexity index is 250. The van der Waals surface area contributed by atoms with E-state index in [2.05, 4.69) is 12.2 Å². The monoisotopic (exact) mass is 227 g/mol. The third-order valence-corrected chi connectivity index (χ3v) is 2.78. The van der Waals surface area contributed by atoms with Crippen LogP contribution in [0.5, 0.6) is 0 Å². The van der Waals surface area contributed by atoms with Crippen molar-refractivity contribution in [3.8, 4) is 0 Å². The molecule has 0 unspecified atom stereocenters. The Hall–Kier alpha value is -1.10. The van der Waals surface area contributed by atoms with Gasteiger partial charge >= 0.3 is 11.8 Å². The number of hydrogen-bond acceptors (Lipinski definition) is 3. The van der Waals surface area contributed by atoms with E-state index in [0.29, 0.717) is 19.6 Å². The summed E-state index contributed by atoms with van der Waals surface area (Å²) in [6, 6.07) is 0. The van der Waals surface area contributed by atoms with E-state index in [1.54, 1.807) is 11.9 Å². The van der Waals surface area contributed by atoms with E-state index < -0.39 is 0 Å². The van der Waals surface area contributed by atoms with Crippen molar-refractivity contribution in [2.75, 3.05) is 39.8 Å². The van der Waals surface area contributed by atoms with Crippen LogP contribution in [0.25, 0.3) is 0 Å². The van der Waals surface area contributed by atoms with Gasteiger partial charge in [-0.05, 0) is 6.42 Å². The molecule has 0 radical (unpaired) electrons. The van der Waals surface area contributed by atoms with Gasteiger partial charge in [-0.1, -0.05) is 13.3 Å². The zero-order chi connectivity index (χ0) is 12.0. The topological polar surface area (TPSA) is 52.7 Å². The highest BCUT2D eigenvalue weighted by Gasteiger charge is 2.25. The minimum Gasteiger partial charge on any atom is -0.338 e. The fourth-order valence-corrected chi connectivity index (χ4v) is 1.66. The van der Waals surface area contributed by atoms with Crippen molar-refractivity contribution in [3.63, 3.8) is 0 Å². The van der Waals surface area contributed by atoms with Gasteiger partial charge in [0, 0.05) is 39.8 Å². The van der Waals surface area contributed by atoms with Crippen molar-refractivity contribution in [2.24, 2.45) is 0 Å². The third-order valence-electron chi connectivity index (χ3n) is 2.78. The largest absolute Gasteiger partial charge is 0.338 e. The molecular formula is C11H21N3O2. The summed E-state index contributed by atoms with van der Waals surface area (Å²) in [6.07, 6.45) is 1.97. The van der Waals surface area contributed by atoms with Crippen LogP contribution in [0, 0.1) is 0 Å². The number of unbranched alkanes of at least 4 members (excludes halogenated alkanes) is 1. The average Bonchev–Trinajstić information content (AvgIpc) is 2.35. The van der Waals surface area contributed by atoms with Crippen LogP contribution in [0.1, 0.15) is 19.8 Å². The highest BCUT2D eigenvalue weighted by molar-refractivity contribution is 6.34. The SMILES string of the molecule is CCCCN(C)C(=O)C(=O)N1CCNCC1. The number of nitrogens with one attached hydrogen (secondary N) is 1. The first kappa shape index (κ1) is 13.0. The van der Waals surface area contributed by atoms with Gasteiger partial charge in [-0.3, -0.25) is 9.59 Å². The lowest BCUT2D eigenvalue weighted by Gasteiger charge is -2.28. The number of carbonyl (C=O) groups excluding carboxylic acids is 2. The van der Waals surface area contributed by atoms with Gasteiger partial charge in [-0.2, -0.15) is 0 Å². The van der Waals surface area contributed by atoms with Crippen molar-refractivity contribution in [1.29, 1.82) is 0 Å². The summed E-state index contributed by atoms with van der Waals surface area (Å²) in [5.41, 5.74) is 0. The molecule has 1 fully saturated rings. The number of piperazine rings is 1. The van der Waals surface area contributed by atoms with E-state index in [0.717, 1.165) is 25.9 Å². The number of rotatable bonds is 3. The molecule has 0 atom stereocenters. The predicted molar refractivity (Wildman–Crippen MR) is 62.0 cm³/mol. The van der Waals surface area contributed by atoms with E-state index in [4.69, 9.17) is 0 Å². The van der Waals surface area contributed by atoms with Gasteiger partial charge in [0.1, 0.15) is 0 Å². The predicted octanol–water partition coefficient (Wildman–Crippen LogP) is -0.323. The molecule has 1 N–H and O–H groups in total. The molecule has 5 heteroatoms. The molecule has 0 saturated carbocycles. The molecule has 92 valence electrons. The van der Waals surface area contributed by atoms with Crippen molar-refractivity contribution < 1.29 is 9.59 Å². The molecule has 2 amide bonds. The van der Waals surface area contributed by atoms with Crippen molar-refractivity contribution in [1.82, 2.24) is 15.1 Å². The molecule has 1 heterocycles. The summed E-state index contributed by atoms with van der Waals surface area (Å²) in [7, 11) is 1.69. The summed E-state index contributed by atoms with van der Waals surface area (Å²) in [5.74, 6) is -0.740. The number of nitrogens with zero attached hydrogens (tertiary/aromatic N) is 2. The highest BCUT2D eigenvalue weighted by Crippen LogP contribution is 1.99. The maximum atomic E-state index is 11.8. The molecule has 5 nitrogen and oxygen atoms in total. The molecule has 0 aromatic heterocycles. The van der Waals surface area contributed by atoms with Crippen LogP contribution < -0.4 is 5.32 Å². The molecule has 1 aliphatic rings. The normalized spacial score (nSPS) is 16.0. The van der Waals surface area contributed by atoms with Crippen molar-refractivity contribution in [3.05, 3.63) is 0 Å². The fourth-order valence-electron chi connectivity index (χ4n) is 1.66. The molecule has 0 aromatic rings. The molecule has 1 rings (SSSR count). The van der Waals surface area contributed by atoms with Gasteiger partial charge in [0.25, 0.3) is 0 Å². The first-order valence-electron chi connectivity index (χ1n) is 5.92. The zero-order valence-corrected chi connectivity index (χ0v) is 10.2. The number of carbonyl (C=O) groups is 2. The Labute approximate surface area is 96.8 Å². The Morgan fingerprint density at radius 1 is 1.31 bits per heavy atom. The summed E-state index contributed by atoms with van der Waals surface area (Å²) < 4.78 is 0. The van der Waals surface area contributed by atoms with E-state index in [-0.39, 0.29) is 11.8 Å². The van der Waals surface area contributed by atoms with Gasteiger partial charge in [0.15, 0.2) is 0 Å². The average molecular weight is 227 g/mol. The molecule has 1 saturated heterocycles. The molecule has 0 aromatic carbocycles. The van der Waals surface area contributed by atoms with Gasteiger partial charge in [0.2, 0.25) is 0 Å². The minimum absolute atomic E-state index is 0.361. The maximum absolute atomic E-state index is 11.8. The fraction of sp³-hybridized carbons (Fsp3) is 0.818. The quantitative estimate of drug-likeness (QED) is 0.672. The lowest BCUT2D eigenvalue weighted by molar-refractivity contribution is -0.151. The van der Waals surface area contributed by atoms with Gasteiger partial charge in [-0.15, -0.1) is 0 Å². The highest BCUT2D eigenvalue weighted by atomic mass is 16.2. The maximum Gasteiger partial charge on any atom is 0.312 e. The molecule has 1 aliphatic heterocycles. The lowest BCUT2D eigenvalue weighted by Crippen LogP contribution is -2.51. The summed E-state index contributed by atoms with van der Waals surface area (Å²) >= 11 is 0. The van der Waals surface area contributed by atoms with Crippen molar-refractivity contribution >= 4 is 11.8 Å². The number of likely N-dealkylation sites (N-methyl/N-ethyl adjacent to an activating group) is 1.